The van der Waals surface area contributed by atoms with Crippen molar-refractivity contribution in [1.29, 1.82) is 0 Å². The van der Waals surface area contributed by atoms with Crippen molar-refractivity contribution in [2.45, 2.75) is 11.4 Å². The summed E-state index contributed by atoms with van der Waals surface area (Å²) in [4.78, 5) is 18.1. The predicted octanol–water partition coefficient (Wildman–Crippen LogP) is -2.04. The van der Waals surface area contributed by atoms with E-state index in [2.05, 4.69) is 0 Å². The molecule has 0 heterocycles. The zero-order valence-corrected chi connectivity index (χ0v) is 8.56. The van der Waals surface area contributed by atoms with Crippen LogP contribution in [0.15, 0.2) is 0 Å². The van der Waals surface area contributed by atoms with E-state index in [9.17, 15) is 9.59 Å². The Labute approximate surface area is 111 Å². The molecule has 78 valence electrons. The number of aliphatic carboxylic acids is 2. The summed E-state index contributed by atoms with van der Waals surface area (Å²) in [6.45, 7) is 0. The quantitative estimate of drug-likeness (QED) is 0.366. The average Bonchev–Trinajstić information content (AvgIpc) is 1.86. The summed E-state index contributed by atoms with van der Waals surface area (Å²) in [6, 6.07) is 0. The van der Waals surface area contributed by atoms with E-state index >= 15 is 0 Å². The van der Waals surface area contributed by atoms with Gasteiger partial charge in [0, 0.05) is 0 Å². The second kappa shape index (κ2) is 8.27. The van der Waals surface area contributed by atoms with Gasteiger partial charge in [0.25, 0.3) is 0 Å². The molecule has 0 aromatic rings. The Morgan fingerprint density at radius 2 is 1.77 bits per heavy atom. The van der Waals surface area contributed by atoms with Gasteiger partial charge in [-0.1, -0.05) is 0 Å². The van der Waals surface area contributed by atoms with E-state index in [1.807, 2.05) is 0 Å². The van der Waals surface area contributed by atoms with Gasteiger partial charge in [0.05, 0.1) is 0 Å². The van der Waals surface area contributed by atoms with E-state index in [-0.39, 0.29) is 35.0 Å². The first-order valence-corrected chi connectivity index (χ1v) is 5.67. The topological polar surface area (TPSA) is 126 Å². The molecule has 9 heteroatoms. The zero-order chi connectivity index (χ0) is 9.07. The normalized spacial score (nSPS) is 13.2. The van der Waals surface area contributed by atoms with Crippen molar-refractivity contribution in [1.82, 2.24) is 0 Å². The molecule has 1 unspecified atom stereocenters. The maximum atomic E-state index is 10.2. The number of hydrogen-bond acceptors (Lipinski definition) is 4. The molecule has 0 aromatic heterocycles. The molecule has 0 amide bonds. The standard InChI is InChI=1S/C4H6O5S.Au.Na.H2O.H/c5-2(6)1-4(9,10)3(7)8;;;;/h9-10H,1H2,(H,5,6)(H,7,8);;;1H2;/q;+1;;;/p-1. The van der Waals surface area contributed by atoms with Gasteiger partial charge < -0.3 is 5.48 Å². The van der Waals surface area contributed by atoms with Crippen molar-refractivity contribution in [3.63, 3.8) is 0 Å². The molecular formula is C4H8AuNaO6S. The summed E-state index contributed by atoms with van der Waals surface area (Å²) in [5.41, 5.74) is 0. The number of carboxylic acid groups (broad SMARTS) is 2. The van der Waals surface area contributed by atoms with Crippen LogP contribution in [-0.4, -0.2) is 67.2 Å². The van der Waals surface area contributed by atoms with Gasteiger partial charge in [-0.15, -0.1) is 0 Å². The molecule has 0 aliphatic rings. The van der Waals surface area contributed by atoms with Crippen molar-refractivity contribution in [2.24, 2.45) is 0 Å². The molecule has 0 fully saturated rings. The maximum absolute atomic E-state index is 10.2. The van der Waals surface area contributed by atoms with Gasteiger partial charge in [-0.05, 0) is 0 Å². The molecule has 13 heavy (non-hydrogen) atoms. The third kappa shape index (κ3) is 6.95. The summed E-state index contributed by atoms with van der Waals surface area (Å²) in [7, 11) is 0.528. The van der Waals surface area contributed by atoms with Gasteiger partial charge in [-0.25, -0.2) is 0 Å². The van der Waals surface area contributed by atoms with Crippen molar-refractivity contribution in [3.05, 3.63) is 0 Å². The number of hydrogen-bond donors (Lipinski definition) is 3. The van der Waals surface area contributed by atoms with E-state index in [4.69, 9.17) is 15.3 Å². The van der Waals surface area contributed by atoms with Gasteiger partial charge in [0.2, 0.25) is 0 Å². The van der Waals surface area contributed by atoms with Crippen LogP contribution in [0, 0.1) is 0 Å². The molecule has 0 bridgehead atoms. The van der Waals surface area contributed by atoms with Crippen molar-refractivity contribution >= 4 is 50.7 Å². The molecule has 0 radical (unpaired) electrons. The first-order valence-electron chi connectivity index (χ1n) is 2.36. The fraction of sp³-hybridized carbons (Fsp3) is 0.500. The van der Waals surface area contributed by atoms with E-state index in [1.54, 1.807) is 19.7 Å². The Kier molecular flexibility index (Phi) is 12.4. The summed E-state index contributed by atoms with van der Waals surface area (Å²) in [5, 5.41) is 25.6. The predicted molar refractivity (Wildman–Crippen MR) is 43.2 cm³/mol. The molecule has 0 saturated heterocycles. The molecule has 6 nitrogen and oxygen atoms in total. The molecule has 0 aromatic carbocycles. The van der Waals surface area contributed by atoms with Crippen LogP contribution in [0.1, 0.15) is 6.42 Å². The Hall–Kier alpha value is 0.950. The number of aliphatic hydroxyl groups is 1. The minimum atomic E-state index is -2.23. The Balaban J connectivity index is -0.000000500. The second-order valence-electron chi connectivity index (χ2n) is 1.72. The van der Waals surface area contributed by atoms with Crippen molar-refractivity contribution in [3.8, 4) is 0 Å². The Morgan fingerprint density at radius 3 is 1.85 bits per heavy atom. The van der Waals surface area contributed by atoms with Crippen molar-refractivity contribution < 1.29 is 50.1 Å². The monoisotopic (exact) mass is 404 g/mol. The van der Waals surface area contributed by atoms with Crippen LogP contribution in [0.5, 0.6) is 0 Å². The van der Waals surface area contributed by atoms with E-state index in [0.717, 1.165) is 0 Å². The fourth-order valence-electron chi connectivity index (χ4n) is 0.329. The summed E-state index contributed by atoms with van der Waals surface area (Å²) < 4.78 is 0. The molecule has 5 N–H and O–H groups in total. The molecule has 1 atom stereocenters. The van der Waals surface area contributed by atoms with Crippen LogP contribution >= 0.6 is 9.23 Å². The van der Waals surface area contributed by atoms with E-state index in [0.29, 0.717) is 9.23 Å². The number of carboxylic acids is 2. The van der Waals surface area contributed by atoms with Crippen molar-refractivity contribution in [2.75, 3.05) is 0 Å². The average molecular weight is 404 g/mol. The van der Waals surface area contributed by atoms with Gasteiger partial charge in [0.15, 0.2) is 0 Å². The van der Waals surface area contributed by atoms with Gasteiger partial charge in [-0.2, -0.15) is 0 Å². The first-order chi connectivity index (χ1) is 4.92. The minimum absolute atomic E-state index is 0. The third-order valence-electron chi connectivity index (χ3n) is 0.827. The Bertz CT molecular complexity index is 189. The van der Waals surface area contributed by atoms with Crippen LogP contribution < -0.4 is 0 Å². The van der Waals surface area contributed by atoms with Gasteiger partial charge in [0.1, 0.15) is 0 Å². The third-order valence-corrected chi connectivity index (χ3v) is 3.54. The SMILES string of the molecule is O.O=C(O)CC(O)([S][Au])C(=O)O.[NaH]. The van der Waals surface area contributed by atoms with E-state index < -0.39 is 23.3 Å². The van der Waals surface area contributed by atoms with Crippen LogP contribution in [-0.2, 0) is 29.3 Å². The molecule has 0 spiro atoms. The summed E-state index contributed by atoms with van der Waals surface area (Å²) in [6.07, 6.45) is -0.816. The van der Waals surface area contributed by atoms with Gasteiger partial charge >= 0.3 is 107 Å². The first kappa shape index (κ1) is 19.5. The summed E-state index contributed by atoms with van der Waals surface area (Å²) in [5.74, 6) is -2.90. The molecular weight excluding hydrogens is 396 g/mol. The van der Waals surface area contributed by atoms with Crippen LogP contribution in [0.3, 0.4) is 0 Å². The van der Waals surface area contributed by atoms with Crippen LogP contribution in [0.2, 0.25) is 0 Å². The molecule has 0 aliphatic heterocycles. The molecule has 0 saturated carbocycles. The second-order valence-corrected chi connectivity index (χ2v) is 3.85. The van der Waals surface area contributed by atoms with E-state index in [1.165, 1.54) is 0 Å². The fourth-order valence-corrected chi connectivity index (χ4v) is 1.58. The summed E-state index contributed by atoms with van der Waals surface area (Å²) >= 11 is 1.71. The molecule has 0 rings (SSSR count). The van der Waals surface area contributed by atoms with Crippen LogP contribution in [0.25, 0.3) is 0 Å². The van der Waals surface area contributed by atoms with Crippen LogP contribution in [0.4, 0.5) is 0 Å². The van der Waals surface area contributed by atoms with Gasteiger partial charge in [-0.3, -0.25) is 0 Å². The molecule has 0 aliphatic carbocycles. The Morgan fingerprint density at radius 1 is 1.38 bits per heavy atom. The zero-order valence-electron chi connectivity index (χ0n) is 5.58. The number of carbonyl (C=O) groups is 2. The number of rotatable bonds is 4.